The molecule has 194 valence electrons. The van der Waals surface area contributed by atoms with Crippen molar-refractivity contribution in [3.05, 3.63) is 48.5 Å². The maximum Gasteiger partial charge on any atom is 0.414 e. The van der Waals surface area contributed by atoms with Gasteiger partial charge in [-0.05, 0) is 43.5 Å². The first-order chi connectivity index (χ1) is 17.1. The molecule has 3 unspecified atom stereocenters. The Bertz CT molecular complexity index is 1220. The second-order valence-electron chi connectivity index (χ2n) is 9.07. The van der Waals surface area contributed by atoms with Crippen molar-refractivity contribution in [1.29, 1.82) is 0 Å². The van der Waals surface area contributed by atoms with Crippen LogP contribution in [-0.4, -0.2) is 62.0 Å². The largest absolute Gasteiger partial charge is 0.444 e. The minimum absolute atomic E-state index is 0.0345. The molecule has 0 saturated carbocycles. The number of rotatable bonds is 8. The summed E-state index contributed by atoms with van der Waals surface area (Å²) in [5.41, 5.74) is 3.68. The van der Waals surface area contributed by atoms with E-state index in [4.69, 9.17) is 14.3 Å². The van der Waals surface area contributed by atoms with Crippen LogP contribution in [0.2, 0.25) is 0 Å². The molecule has 0 radical (unpaired) electrons. The third kappa shape index (κ3) is 5.50. The maximum atomic E-state index is 14.0. The first-order valence-corrected chi connectivity index (χ1v) is 13.4. The second-order valence-corrected chi connectivity index (χ2v) is 11.5. The number of halogens is 1. The smallest absolute Gasteiger partial charge is 0.414 e. The Labute approximate surface area is 208 Å². The summed E-state index contributed by atoms with van der Waals surface area (Å²) >= 11 is 0. The Morgan fingerprint density at radius 2 is 2.03 bits per heavy atom. The number of carbonyl (C=O) groups is 2. The van der Waals surface area contributed by atoms with Gasteiger partial charge in [-0.2, -0.15) is 0 Å². The highest BCUT2D eigenvalue weighted by molar-refractivity contribution is 7.92. The zero-order valence-corrected chi connectivity index (χ0v) is 20.8. The summed E-state index contributed by atoms with van der Waals surface area (Å²) in [4.78, 5) is 35.8. The molecule has 1 aromatic carbocycles. The van der Waals surface area contributed by atoms with E-state index in [1.165, 1.54) is 18.0 Å². The van der Waals surface area contributed by atoms with E-state index < -0.39 is 44.8 Å². The molecule has 2 aliphatic rings. The van der Waals surface area contributed by atoms with Gasteiger partial charge in [0.15, 0.2) is 20.9 Å². The topological polar surface area (TPSA) is 124 Å². The van der Waals surface area contributed by atoms with E-state index in [1.807, 2.05) is 0 Å². The average Bonchev–Trinajstić information content (AvgIpc) is 3.22. The van der Waals surface area contributed by atoms with Crippen LogP contribution in [0.25, 0.3) is 11.1 Å². The van der Waals surface area contributed by atoms with Crippen LogP contribution in [0.4, 0.5) is 14.9 Å². The average molecular weight is 522 g/mol. The molecule has 4 rings (SSSR count). The first kappa shape index (κ1) is 26.0. The van der Waals surface area contributed by atoms with Crippen molar-refractivity contribution < 1.29 is 36.7 Å². The number of pyridine rings is 1. The monoisotopic (exact) mass is 521 g/mol. The summed E-state index contributed by atoms with van der Waals surface area (Å²) in [6.07, 6.45) is 3.44. The van der Waals surface area contributed by atoms with Crippen molar-refractivity contribution >= 4 is 27.5 Å². The predicted octanol–water partition coefficient (Wildman–Crippen LogP) is 2.98. The SMILES string of the molecule is CC(CC1CN(c2ccc(-c3ccncc3F)cc2)C(=O)O1)(C(=O)NOC1CCCCO1)S(C)(=O)=O. The Hall–Kier alpha value is -3.09. The van der Waals surface area contributed by atoms with Crippen LogP contribution < -0.4 is 10.4 Å². The van der Waals surface area contributed by atoms with Gasteiger partial charge >= 0.3 is 6.09 Å². The molecule has 10 nitrogen and oxygen atoms in total. The number of cyclic esters (lactones) is 1. The summed E-state index contributed by atoms with van der Waals surface area (Å²) in [5, 5.41) is 0. The van der Waals surface area contributed by atoms with Gasteiger partial charge in [-0.25, -0.2) is 27.9 Å². The molecule has 2 aliphatic heterocycles. The summed E-state index contributed by atoms with van der Waals surface area (Å²) in [6, 6.07) is 8.14. The molecule has 2 aromatic rings. The number of hydroxylamine groups is 1. The van der Waals surface area contributed by atoms with Gasteiger partial charge in [0.1, 0.15) is 11.9 Å². The van der Waals surface area contributed by atoms with Crippen molar-refractivity contribution in [2.24, 2.45) is 0 Å². The Kier molecular flexibility index (Phi) is 7.57. The number of benzene rings is 1. The number of hydrogen-bond acceptors (Lipinski definition) is 8. The Morgan fingerprint density at radius 3 is 2.67 bits per heavy atom. The van der Waals surface area contributed by atoms with Crippen LogP contribution in [0.15, 0.2) is 42.7 Å². The molecule has 3 atom stereocenters. The Morgan fingerprint density at radius 1 is 1.28 bits per heavy atom. The van der Waals surface area contributed by atoms with Gasteiger partial charge in [0.2, 0.25) is 0 Å². The molecular weight excluding hydrogens is 493 g/mol. The van der Waals surface area contributed by atoms with Gasteiger partial charge < -0.3 is 9.47 Å². The normalized spacial score (nSPS) is 22.1. The van der Waals surface area contributed by atoms with Gasteiger partial charge in [0, 0.05) is 43.2 Å². The number of carbonyl (C=O) groups excluding carboxylic acids is 2. The van der Waals surface area contributed by atoms with E-state index in [9.17, 15) is 22.4 Å². The highest BCUT2D eigenvalue weighted by Gasteiger charge is 2.48. The molecule has 2 fully saturated rings. The van der Waals surface area contributed by atoms with Gasteiger partial charge in [-0.3, -0.25) is 14.7 Å². The molecule has 3 heterocycles. The van der Waals surface area contributed by atoms with Crippen molar-refractivity contribution in [2.75, 3.05) is 24.3 Å². The lowest BCUT2D eigenvalue weighted by Gasteiger charge is -2.29. The fourth-order valence-electron chi connectivity index (χ4n) is 4.15. The van der Waals surface area contributed by atoms with Crippen LogP contribution in [0.5, 0.6) is 0 Å². The fourth-order valence-corrected chi connectivity index (χ4v) is 5.01. The van der Waals surface area contributed by atoms with E-state index >= 15 is 0 Å². The molecule has 36 heavy (non-hydrogen) atoms. The molecule has 12 heteroatoms. The predicted molar refractivity (Wildman–Crippen MR) is 128 cm³/mol. The molecule has 2 saturated heterocycles. The molecular formula is C24H28FN3O7S. The highest BCUT2D eigenvalue weighted by atomic mass is 32.2. The third-order valence-corrected chi connectivity index (χ3v) is 8.46. The van der Waals surface area contributed by atoms with Crippen LogP contribution >= 0.6 is 0 Å². The molecule has 0 aliphatic carbocycles. The zero-order valence-electron chi connectivity index (χ0n) is 20.0. The van der Waals surface area contributed by atoms with E-state index in [2.05, 4.69) is 10.5 Å². The number of nitrogens with zero attached hydrogens (tertiary/aromatic N) is 2. The number of nitrogens with one attached hydrogen (secondary N) is 1. The summed E-state index contributed by atoms with van der Waals surface area (Å²) in [5.74, 6) is -1.33. The number of sulfone groups is 1. The van der Waals surface area contributed by atoms with Crippen molar-refractivity contribution in [3.63, 3.8) is 0 Å². The van der Waals surface area contributed by atoms with E-state index in [1.54, 1.807) is 30.3 Å². The fraction of sp³-hybridized carbons (Fsp3) is 0.458. The third-order valence-electron chi connectivity index (χ3n) is 6.47. The lowest BCUT2D eigenvalue weighted by Crippen LogP contribution is -2.53. The minimum atomic E-state index is -3.93. The maximum absolute atomic E-state index is 14.0. The van der Waals surface area contributed by atoms with Crippen LogP contribution in [0.1, 0.15) is 32.6 Å². The van der Waals surface area contributed by atoms with E-state index in [-0.39, 0.29) is 13.0 Å². The van der Waals surface area contributed by atoms with E-state index in [0.29, 0.717) is 29.8 Å². The summed E-state index contributed by atoms with van der Waals surface area (Å²) in [6.45, 7) is 1.81. The standard InChI is InChI=1S/C24H28FN3O7S/c1-24(36(2,31)32,22(29)27-35-21-5-3-4-12-33-21)13-18-15-28(23(30)34-18)17-8-6-16(7-9-17)19-10-11-26-14-20(19)25/h6-11,14,18,21H,3-5,12-13,15H2,1-2H3,(H,27,29). The van der Waals surface area contributed by atoms with Crippen molar-refractivity contribution in [3.8, 4) is 11.1 Å². The van der Waals surface area contributed by atoms with E-state index in [0.717, 1.165) is 25.3 Å². The van der Waals surface area contributed by atoms with Gasteiger partial charge in [0.05, 0.1) is 12.7 Å². The number of hydrogen-bond donors (Lipinski definition) is 1. The second kappa shape index (κ2) is 10.5. The Balaban J connectivity index is 1.44. The quantitative estimate of drug-likeness (QED) is 0.526. The number of amides is 2. The number of aromatic nitrogens is 1. The molecule has 1 N–H and O–H groups in total. The lowest BCUT2D eigenvalue weighted by molar-refractivity contribution is -0.201. The van der Waals surface area contributed by atoms with Crippen LogP contribution in [0, 0.1) is 5.82 Å². The number of ether oxygens (including phenoxy) is 2. The van der Waals surface area contributed by atoms with Crippen molar-refractivity contribution in [1.82, 2.24) is 10.5 Å². The molecule has 1 aromatic heterocycles. The summed E-state index contributed by atoms with van der Waals surface area (Å²) < 4.78 is 48.2. The van der Waals surface area contributed by atoms with Gasteiger partial charge in [0.25, 0.3) is 5.91 Å². The minimum Gasteiger partial charge on any atom is -0.444 e. The van der Waals surface area contributed by atoms with Crippen LogP contribution in [-0.2, 0) is 28.9 Å². The highest BCUT2D eigenvalue weighted by Crippen LogP contribution is 2.31. The molecule has 2 amide bonds. The van der Waals surface area contributed by atoms with Gasteiger partial charge in [-0.15, -0.1) is 0 Å². The van der Waals surface area contributed by atoms with Crippen molar-refractivity contribution in [2.45, 2.75) is 49.7 Å². The first-order valence-electron chi connectivity index (χ1n) is 11.5. The molecule has 0 spiro atoms. The molecule has 0 bridgehead atoms. The number of anilines is 1. The lowest BCUT2D eigenvalue weighted by atomic mass is 10.0. The summed E-state index contributed by atoms with van der Waals surface area (Å²) in [7, 11) is -3.93. The van der Waals surface area contributed by atoms with Gasteiger partial charge in [-0.1, -0.05) is 12.1 Å². The zero-order chi connectivity index (χ0) is 25.9. The van der Waals surface area contributed by atoms with Crippen LogP contribution in [0.3, 0.4) is 0 Å².